The van der Waals surface area contributed by atoms with E-state index < -0.39 is 0 Å². The highest BCUT2D eigenvalue weighted by molar-refractivity contribution is 5.79. The minimum Gasteiger partial charge on any atom is -0.475 e. The van der Waals surface area contributed by atoms with E-state index in [0.717, 1.165) is 31.0 Å². The number of allylic oxidation sites excluding steroid dienone is 1. The molecule has 0 aromatic carbocycles. The third kappa shape index (κ3) is 7.87. The van der Waals surface area contributed by atoms with Gasteiger partial charge < -0.3 is 20.1 Å². The average Bonchev–Trinajstić information content (AvgIpc) is 2.68. The quantitative estimate of drug-likeness (QED) is 0.290. The second-order valence-corrected chi connectivity index (χ2v) is 6.33. The van der Waals surface area contributed by atoms with Crippen LogP contribution in [0.4, 0.5) is 0 Å². The minimum atomic E-state index is 0.506. The molecule has 0 aliphatic heterocycles. The van der Waals surface area contributed by atoms with Crippen LogP contribution in [0.1, 0.15) is 44.6 Å². The van der Waals surface area contributed by atoms with E-state index in [-0.39, 0.29) is 0 Å². The molecule has 0 spiro atoms. The third-order valence-electron chi connectivity index (χ3n) is 4.22. The highest BCUT2D eigenvalue weighted by Crippen LogP contribution is 2.19. The largest absolute Gasteiger partial charge is 0.475 e. The second-order valence-electron chi connectivity index (χ2n) is 6.33. The number of ether oxygens (including phenoxy) is 2. The number of aromatic nitrogens is 1. The number of aliphatic imine (C=N–C) groups is 1. The zero-order chi connectivity index (χ0) is 18.5. The molecule has 0 amide bonds. The fourth-order valence-electron chi connectivity index (χ4n) is 2.80. The normalized spacial score (nSPS) is 14.7. The Morgan fingerprint density at radius 3 is 2.85 bits per heavy atom. The summed E-state index contributed by atoms with van der Waals surface area (Å²) in [5.41, 5.74) is 2.63. The fourth-order valence-corrected chi connectivity index (χ4v) is 2.80. The first-order chi connectivity index (χ1) is 12.8. The Bertz CT molecular complexity index is 570. The molecular formula is C20H32N4O2. The number of pyridine rings is 1. The maximum Gasteiger partial charge on any atom is 0.213 e. The van der Waals surface area contributed by atoms with E-state index in [9.17, 15) is 0 Å². The molecule has 1 aliphatic carbocycles. The Labute approximate surface area is 157 Å². The predicted molar refractivity (Wildman–Crippen MR) is 106 cm³/mol. The Hall–Kier alpha value is -2.08. The van der Waals surface area contributed by atoms with Crippen molar-refractivity contribution in [2.75, 3.05) is 33.4 Å². The molecule has 0 unspecified atom stereocenters. The van der Waals surface area contributed by atoms with Crippen molar-refractivity contribution in [1.82, 2.24) is 15.6 Å². The van der Waals surface area contributed by atoms with Crippen LogP contribution in [-0.4, -0.2) is 44.4 Å². The maximum absolute atomic E-state index is 5.47. The summed E-state index contributed by atoms with van der Waals surface area (Å²) in [6.07, 6.45) is 10.5. The monoisotopic (exact) mass is 360 g/mol. The summed E-state index contributed by atoms with van der Waals surface area (Å²) in [4.78, 5) is 8.95. The number of guanidine groups is 1. The summed E-state index contributed by atoms with van der Waals surface area (Å²) in [5.74, 6) is 1.46. The van der Waals surface area contributed by atoms with E-state index in [1.165, 1.54) is 25.7 Å². The van der Waals surface area contributed by atoms with Gasteiger partial charge in [-0.05, 0) is 44.6 Å². The van der Waals surface area contributed by atoms with E-state index in [4.69, 9.17) is 9.47 Å². The highest BCUT2D eigenvalue weighted by atomic mass is 16.5. The average molecular weight is 361 g/mol. The van der Waals surface area contributed by atoms with Crippen molar-refractivity contribution >= 4 is 5.96 Å². The zero-order valence-electron chi connectivity index (χ0n) is 16.1. The van der Waals surface area contributed by atoms with Gasteiger partial charge in [0, 0.05) is 32.5 Å². The van der Waals surface area contributed by atoms with Gasteiger partial charge in [-0.1, -0.05) is 17.7 Å². The van der Waals surface area contributed by atoms with Crippen molar-refractivity contribution < 1.29 is 9.47 Å². The van der Waals surface area contributed by atoms with Crippen molar-refractivity contribution in [2.24, 2.45) is 4.99 Å². The van der Waals surface area contributed by atoms with Gasteiger partial charge in [0.1, 0.15) is 6.61 Å². The van der Waals surface area contributed by atoms with Crippen LogP contribution in [0.25, 0.3) is 0 Å². The minimum absolute atomic E-state index is 0.506. The van der Waals surface area contributed by atoms with Crippen molar-refractivity contribution in [3.05, 3.63) is 35.5 Å². The van der Waals surface area contributed by atoms with E-state index in [2.05, 4.69) is 33.6 Å². The van der Waals surface area contributed by atoms with Gasteiger partial charge in [0.2, 0.25) is 5.88 Å². The van der Waals surface area contributed by atoms with Gasteiger partial charge in [-0.15, -0.1) is 0 Å². The van der Waals surface area contributed by atoms with Crippen molar-refractivity contribution in [2.45, 2.75) is 45.6 Å². The van der Waals surface area contributed by atoms with Gasteiger partial charge in [0.25, 0.3) is 0 Å². The molecule has 1 aliphatic rings. The predicted octanol–water partition coefficient (Wildman–Crippen LogP) is 3.05. The molecule has 0 bridgehead atoms. The van der Waals surface area contributed by atoms with Gasteiger partial charge >= 0.3 is 0 Å². The first-order valence-corrected chi connectivity index (χ1v) is 9.58. The van der Waals surface area contributed by atoms with E-state index in [0.29, 0.717) is 25.6 Å². The van der Waals surface area contributed by atoms with Gasteiger partial charge in [0.05, 0.1) is 13.2 Å². The molecule has 0 saturated carbocycles. The SMILES string of the molecule is CCNC(=NCc1ccc(OCCOC)nc1)NCCC1=CCCCC1. The lowest BCUT2D eigenvalue weighted by atomic mass is 9.97. The fraction of sp³-hybridized carbons (Fsp3) is 0.600. The molecule has 1 aromatic heterocycles. The Balaban J connectivity index is 1.78. The lowest BCUT2D eigenvalue weighted by molar-refractivity contribution is 0.143. The third-order valence-corrected chi connectivity index (χ3v) is 4.22. The number of nitrogens with one attached hydrogen (secondary N) is 2. The summed E-state index contributed by atoms with van der Waals surface area (Å²) in [6.45, 7) is 5.49. The van der Waals surface area contributed by atoms with Gasteiger partial charge in [-0.3, -0.25) is 0 Å². The number of methoxy groups -OCH3 is 1. The summed E-state index contributed by atoms with van der Waals surface area (Å²) in [5, 5.41) is 6.72. The molecule has 2 rings (SSSR count). The molecule has 0 saturated heterocycles. The van der Waals surface area contributed by atoms with Crippen LogP contribution >= 0.6 is 0 Å². The highest BCUT2D eigenvalue weighted by Gasteiger charge is 2.04. The molecule has 2 N–H and O–H groups in total. The van der Waals surface area contributed by atoms with Gasteiger partial charge in [-0.25, -0.2) is 9.98 Å². The zero-order valence-corrected chi connectivity index (χ0v) is 16.1. The molecule has 0 fully saturated rings. The number of rotatable bonds is 10. The van der Waals surface area contributed by atoms with Gasteiger partial charge in [0.15, 0.2) is 5.96 Å². The lowest BCUT2D eigenvalue weighted by Gasteiger charge is -2.15. The van der Waals surface area contributed by atoms with Crippen LogP contribution in [0, 0.1) is 0 Å². The molecule has 144 valence electrons. The molecule has 26 heavy (non-hydrogen) atoms. The Morgan fingerprint density at radius 2 is 2.15 bits per heavy atom. The molecule has 0 radical (unpaired) electrons. The molecule has 0 atom stereocenters. The van der Waals surface area contributed by atoms with Crippen LogP contribution in [0.3, 0.4) is 0 Å². The summed E-state index contributed by atoms with van der Waals surface area (Å²) >= 11 is 0. The van der Waals surface area contributed by atoms with Crippen LogP contribution in [-0.2, 0) is 11.3 Å². The second kappa shape index (κ2) is 12.3. The number of hydrogen-bond donors (Lipinski definition) is 2. The number of hydrogen-bond acceptors (Lipinski definition) is 4. The summed E-state index contributed by atoms with van der Waals surface area (Å²) < 4.78 is 10.4. The van der Waals surface area contributed by atoms with Gasteiger partial charge in [-0.2, -0.15) is 0 Å². The molecule has 6 nitrogen and oxygen atoms in total. The van der Waals surface area contributed by atoms with Crippen molar-refractivity contribution in [1.29, 1.82) is 0 Å². The first kappa shape index (κ1) is 20.2. The van der Waals surface area contributed by atoms with Crippen molar-refractivity contribution in [3.63, 3.8) is 0 Å². The summed E-state index contributed by atoms with van der Waals surface area (Å²) in [7, 11) is 1.65. The molecular weight excluding hydrogens is 328 g/mol. The summed E-state index contributed by atoms with van der Waals surface area (Å²) in [6, 6.07) is 3.87. The standard InChI is InChI=1S/C20H32N4O2/c1-3-21-20(22-12-11-17-7-5-4-6-8-17)24-16-18-9-10-19(23-15-18)26-14-13-25-2/h7,9-10,15H,3-6,8,11-14,16H2,1-2H3,(H2,21,22,24). The maximum atomic E-state index is 5.47. The first-order valence-electron chi connectivity index (χ1n) is 9.58. The van der Waals surface area contributed by atoms with E-state index in [1.54, 1.807) is 12.7 Å². The van der Waals surface area contributed by atoms with Crippen LogP contribution in [0.5, 0.6) is 5.88 Å². The van der Waals surface area contributed by atoms with E-state index in [1.807, 2.05) is 18.3 Å². The number of nitrogens with zero attached hydrogens (tertiary/aromatic N) is 2. The topological polar surface area (TPSA) is 67.8 Å². The van der Waals surface area contributed by atoms with Crippen LogP contribution in [0.15, 0.2) is 35.0 Å². The Kier molecular flexibility index (Phi) is 9.57. The van der Waals surface area contributed by atoms with Crippen molar-refractivity contribution in [3.8, 4) is 5.88 Å². The van der Waals surface area contributed by atoms with E-state index >= 15 is 0 Å². The molecule has 1 aromatic rings. The van der Waals surface area contributed by atoms with Crippen LogP contribution < -0.4 is 15.4 Å². The van der Waals surface area contributed by atoms with Crippen LogP contribution in [0.2, 0.25) is 0 Å². The molecule has 6 heteroatoms. The lowest BCUT2D eigenvalue weighted by Crippen LogP contribution is -2.37. The Morgan fingerprint density at radius 1 is 1.23 bits per heavy atom. The molecule has 1 heterocycles. The smallest absolute Gasteiger partial charge is 0.213 e.